The molecule has 2 rings (SSSR count). The highest BCUT2D eigenvalue weighted by Gasteiger charge is 2.12. The van der Waals surface area contributed by atoms with E-state index in [0.29, 0.717) is 21.3 Å². The van der Waals surface area contributed by atoms with Crippen molar-refractivity contribution in [3.63, 3.8) is 0 Å². The minimum Gasteiger partial charge on any atom is -0.399 e. The van der Waals surface area contributed by atoms with Crippen molar-refractivity contribution >= 4 is 23.4 Å². The Bertz CT molecular complexity index is 669. The van der Waals surface area contributed by atoms with E-state index in [2.05, 4.69) is 15.3 Å². The number of nitrogens with two attached hydrogens (primary N) is 1. The quantitative estimate of drug-likeness (QED) is 0.570. The molecular formula is C12H12N4O2S. The molecule has 1 heterocycles. The molecule has 0 saturated carbocycles. The number of nitrogens with one attached hydrogen (secondary N) is 2. The summed E-state index contributed by atoms with van der Waals surface area (Å²) in [6, 6.07) is 6.28. The van der Waals surface area contributed by atoms with Crippen LogP contribution in [-0.2, 0) is 0 Å². The Kier molecular flexibility index (Phi) is 3.86. The van der Waals surface area contributed by atoms with Gasteiger partial charge in [-0.3, -0.25) is 9.59 Å². The fraction of sp³-hybridized carbons (Fsp3) is 0.0833. The molecular weight excluding hydrogens is 264 g/mol. The Morgan fingerprint density at radius 1 is 1.42 bits per heavy atom. The van der Waals surface area contributed by atoms with Gasteiger partial charge in [0.15, 0.2) is 5.16 Å². The van der Waals surface area contributed by atoms with E-state index < -0.39 is 0 Å². The van der Waals surface area contributed by atoms with Gasteiger partial charge >= 0.3 is 0 Å². The molecule has 0 atom stereocenters. The van der Waals surface area contributed by atoms with Crippen LogP contribution < -0.4 is 16.6 Å². The third kappa shape index (κ3) is 3.14. The summed E-state index contributed by atoms with van der Waals surface area (Å²) >= 11 is 1.18. The Morgan fingerprint density at radius 3 is 2.89 bits per heavy atom. The predicted molar refractivity (Wildman–Crippen MR) is 73.2 cm³/mol. The van der Waals surface area contributed by atoms with Gasteiger partial charge in [0.2, 0.25) is 0 Å². The lowest BCUT2D eigenvalue weighted by molar-refractivity contribution is 0.0960. The second-order valence-corrected chi connectivity index (χ2v) is 4.71. The largest absolute Gasteiger partial charge is 0.399 e. The molecule has 0 fully saturated rings. The second-order valence-electron chi connectivity index (χ2n) is 3.68. The normalized spacial score (nSPS) is 10.2. The number of benzene rings is 1. The number of nitrogen functional groups attached to an aromatic ring is 1. The van der Waals surface area contributed by atoms with E-state index in [9.17, 15) is 9.59 Å². The number of H-pyrrole nitrogens is 1. The number of anilines is 1. The minimum absolute atomic E-state index is 0.222. The first kappa shape index (κ1) is 13.2. The smallest absolute Gasteiger partial charge is 0.252 e. The number of carbonyl (C=O) groups excluding carboxylic acids is 1. The topological polar surface area (TPSA) is 101 Å². The van der Waals surface area contributed by atoms with Crippen molar-refractivity contribution in [2.24, 2.45) is 0 Å². The van der Waals surface area contributed by atoms with Gasteiger partial charge in [-0.15, -0.1) is 0 Å². The van der Waals surface area contributed by atoms with Crippen LogP contribution in [0.15, 0.2) is 45.3 Å². The molecule has 0 aliphatic heterocycles. The molecule has 1 aromatic carbocycles. The minimum atomic E-state index is -0.247. The van der Waals surface area contributed by atoms with Crippen LogP contribution in [-0.4, -0.2) is 22.9 Å². The number of hydrogen-bond acceptors (Lipinski definition) is 5. The summed E-state index contributed by atoms with van der Waals surface area (Å²) in [5.74, 6) is -0.222. The van der Waals surface area contributed by atoms with Gasteiger partial charge in [0.1, 0.15) is 0 Å². The number of aromatic nitrogens is 2. The highest BCUT2D eigenvalue weighted by molar-refractivity contribution is 7.99. The average Bonchev–Trinajstić information content (AvgIpc) is 2.38. The number of rotatable bonds is 3. The molecule has 98 valence electrons. The van der Waals surface area contributed by atoms with Gasteiger partial charge in [0, 0.05) is 29.9 Å². The molecule has 2 aromatic rings. The fourth-order valence-corrected chi connectivity index (χ4v) is 2.39. The van der Waals surface area contributed by atoms with Crippen molar-refractivity contribution in [1.29, 1.82) is 0 Å². The SMILES string of the molecule is CNC(=O)c1ccc(N)cc1Sc1nccc(=O)[nH]1. The number of hydrogen-bond donors (Lipinski definition) is 3. The van der Waals surface area contributed by atoms with Gasteiger partial charge in [-0.05, 0) is 18.2 Å². The van der Waals surface area contributed by atoms with Gasteiger partial charge in [-0.25, -0.2) is 4.98 Å². The molecule has 19 heavy (non-hydrogen) atoms. The highest BCUT2D eigenvalue weighted by Crippen LogP contribution is 2.29. The van der Waals surface area contributed by atoms with Crippen molar-refractivity contribution in [3.05, 3.63) is 46.4 Å². The van der Waals surface area contributed by atoms with E-state index in [1.165, 1.54) is 24.0 Å². The van der Waals surface area contributed by atoms with Gasteiger partial charge in [0.05, 0.1) is 5.56 Å². The van der Waals surface area contributed by atoms with Crippen LogP contribution in [0.4, 0.5) is 5.69 Å². The maximum absolute atomic E-state index is 11.7. The van der Waals surface area contributed by atoms with Crippen molar-refractivity contribution in [3.8, 4) is 0 Å². The Morgan fingerprint density at radius 2 is 2.21 bits per heavy atom. The van der Waals surface area contributed by atoms with Crippen molar-refractivity contribution in [1.82, 2.24) is 15.3 Å². The van der Waals surface area contributed by atoms with Gasteiger partial charge < -0.3 is 16.0 Å². The monoisotopic (exact) mass is 276 g/mol. The summed E-state index contributed by atoms with van der Waals surface area (Å²) in [5, 5.41) is 2.96. The molecule has 0 bridgehead atoms. The van der Waals surface area contributed by atoms with Crippen LogP contribution >= 0.6 is 11.8 Å². The fourth-order valence-electron chi connectivity index (χ4n) is 1.45. The predicted octanol–water partition coefficient (Wildman–Crippen LogP) is 0.863. The Labute approximate surface area is 113 Å². The van der Waals surface area contributed by atoms with Crippen LogP contribution in [0.3, 0.4) is 0 Å². The molecule has 1 amide bonds. The molecule has 7 heteroatoms. The first-order chi connectivity index (χ1) is 9.10. The lowest BCUT2D eigenvalue weighted by atomic mass is 10.2. The summed E-state index contributed by atoms with van der Waals surface area (Å²) in [4.78, 5) is 30.2. The number of carbonyl (C=O) groups is 1. The first-order valence-electron chi connectivity index (χ1n) is 5.45. The molecule has 0 spiro atoms. The average molecular weight is 276 g/mol. The van der Waals surface area contributed by atoms with E-state index in [0.717, 1.165) is 0 Å². The number of amides is 1. The first-order valence-corrected chi connectivity index (χ1v) is 6.26. The molecule has 0 saturated heterocycles. The van der Waals surface area contributed by atoms with Crippen LogP contribution in [0.2, 0.25) is 0 Å². The van der Waals surface area contributed by atoms with Gasteiger partial charge in [-0.1, -0.05) is 11.8 Å². The van der Waals surface area contributed by atoms with Crippen molar-refractivity contribution in [2.45, 2.75) is 10.1 Å². The summed E-state index contributed by atoms with van der Waals surface area (Å²) < 4.78 is 0. The van der Waals surface area contributed by atoms with Gasteiger partial charge in [0.25, 0.3) is 11.5 Å². The molecule has 0 aliphatic carbocycles. The standard InChI is InChI=1S/C12H12N4O2S/c1-14-11(18)8-3-2-7(13)6-9(8)19-12-15-5-4-10(17)16-12/h2-6H,13H2,1H3,(H,14,18)(H,15,16,17). The van der Waals surface area contributed by atoms with Crippen molar-refractivity contribution in [2.75, 3.05) is 12.8 Å². The maximum atomic E-state index is 11.7. The zero-order valence-electron chi connectivity index (χ0n) is 10.1. The van der Waals surface area contributed by atoms with Crippen LogP contribution in [0.5, 0.6) is 0 Å². The Balaban J connectivity index is 2.41. The van der Waals surface area contributed by atoms with E-state index >= 15 is 0 Å². The lowest BCUT2D eigenvalue weighted by Crippen LogP contribution is -2.18. The number of aromatic amines is 1. The van der Waals surface area contributed by atoms with Crippen molar-refractivity contribution < 1.29 is 4.79 Å². The second kappa shape index (κ2) is 5.57. The highest BCUT2D eigenvalue weighted by atomic mass is 32.2. The maximum Gasteiger partial charge on any atom is 0.252 e. The summed E-state index contributed by atoms with van der Waals surface area (Å²) in [5.41, 5.74) is 6.48. The third-order valence-corrected chi connectivity index (χ3v) is 3.29. The summed E-state index contributed by atoms with van der Waals surface area (Å²) in [6.07, 6.45) is 1.41. The molecule has 6 nitrogen and oxygen atoms in total. The summed E-state index contributed by atoms with van der Waals surface area (Å²) in [6.45, 7) is 0. The van der Waals surface area contributed by atoms with E-state index in [1.54, 1.807) is 25.2 Å². The number of nitrogens with zero attached hydrogens (tertiary/aromatic N) is 1. The van der Waals surface area contributed by atoms with E-state index in [1.807, 2.05) is 0 Å². The van der Waals surface area contributed by atoms with Gasteiger partial charge in [-0.2, -0.15) is 0 Å². The Hall–Kier alpha value is -2.28. The van der Waals surface area contributed by atoms with E-state index in [-0.39, 0.29) is 11.5 Å². The molecule has 0 radical (unpaired) electrons. The molecule has 4 N–H and O–H groups in total. The molecule has 1 aromatic heterocycles. The molecule has 0 aliphatic rings. The molecule has 0 unspecified atom stereocenters. The third-order valence-electron chi connectivity index (χ3n) is 2.33. The van der Waals surface area contributed by atoms with Crippen LogP contribution in [0.25, 0.3) is 0 Å². The zero-order valence-corrected chi connectivity index (χ0v) is 11.0. The zero-order chi connectivity index (χ0) is 13.8. The van der Waals surface area contributed by atoms with Crippen LogP contribution in [0, 0.1) is 0 Å². The lowest BCUT2D eigenvalue weighted by Gasteiger charge is -2.08. The van der Waals surface area contributed by atoms with Crippen LogP contribution in [0.1, 0.15) is 10.4 Å². The summed E-state index contributed by atoms with van der Waals surface area (Å²) in [7, 11) is 1.55. The van der Waals surface area contributed by atoms with E-state index in [4.69, 9.17) is 5.73 Å².